The highest BCUT2D eigenvalue weighted by Gasteiger charge is 2.39. The van der Waals surface area contributed by atoms with Crippen molar-refractivity contribution in [2.75, 3.05) is 22.1 Å². The van der Waals surface area contributed by atoms with Gasteiger partial charge in [0.05, 0.1) is 23.0 Å². The Bertz CT molecular complexity index is 935. The molecule has 0 saturated carbocycles. The number of para-hydroxylation sites is 2. The standard InChI is InChI=1S/C22H25N3O4/c1-14(2)29-20(27)15-9-11-16(12-10-15)23-19(26)13-25-18-8-6-5-7-17(18)24-22(3,4)21(25)28/h5-12,14,24H,13H2,1-4H3,(H,23,26). The number of carbonyl (C=O) groups is 3. The summed E-state index contributed by atoms with van der Waals surface area (Å²) in [5, 5.41) is 5.97. The minimum absolute atomic E-state index is 0.113. The Morgan fingerprint density at radius 3 is 2.41 bits per heavy atom. The Kier molecular flexibility index (Phi) is 5.59. The van der Waals surface area contributed by atoms with Crippen LogP contribution in [0.4, 0.5) is 17.1 Å². The summed E-state index contributed by atoms with van der Waals surface area (Å²) in [4.78, 5) is 38.8. The molecule has 1 heterocycles. The Morgan fingerprint density at radius 2 is 1.76 bits per heavy atom. The van der Waals surface area contributed by atoms with E-state index in [9.17, 15) is 14.4 Å². The largest absolute Gasteiger partial charge is 0.459 e. The normalized spacial score (nSPS) is 14.8. The monoisotopic (exact) mass is 395 g/mol. The molecule has 0 fully saturated rings. The van der Waals surface area contributed by atoms with Gasteiger partial charge in [0.2, 0.25) is 5.91 Å². The minimum atomic E-state index is -0.812. The molecule has 152 valence electrons. The lowest BCUT2D eigenvalue weighted by Gasteiger charge is -2.39. The summed E-state index contributed by atoms with van der Waals surface area (Å²) < 4.78 is 5.15. The van der Waals surface area contributed by atoms with E-state index in [0.29, 0.717) is 16.9 Å². The van der Waals surface area contributed by atoms with Crippen LogP contribution in [0.15, 0.2) is 48.5 Å². The number of carbonyl (C=O) groups excluding carboxylic acids is 3. The zero-order chi connectivity index (χ0) is 21.2. The molecule has 0 atom stereocenters. The molecule has 0 spiro atoms. The summed E-state index contributed by atoms with van der Waals surface area (Å²) in [5.74, 6) is -0.926. The SMILES string of the molecule is CC(C)OC(=O)c1ccc(NC(=O)CN2C(=O)C(C)(C)Nc3ccccc32)cc1. The van der Waals surface area contributed by atoms with Crippen molar-refractivity contribution in [3.05, 3.63) is 54.1 Å². The minimum Gasteiger partial charge on any atom is -0.459 e. The number of ether oxygens (including phenoxy) is 1. The number of fused-ring (bicyclic) bond motifs is 1. The number of nitrogens with one attached hydrogen (secondary N) is 2. The van der Waals surface area contributed by atoms with E-state index in [0.717, 1.165) is 5.69 Å². The molecule has 0 aromatic heterocycles. The number of hydrogen-bond acceptors (Lipinski definition) is 5. The Balaban J connectivity index is 1.71. The van der Waals surface area contributed by atoms with E-state index in [-0.39, 0.29) is 24.5 Å². The Morgan fingerprint density at radius 1 is 1.10 bits per heavy atom. The fourth-order valence-electron chi connectivity index (χ4n) is 3.12. The molecule has 3 rings (SSSR count). The molecule has 0 saturated heterocycles. The predicted octanol–water partition coefficient (Wildman–Crippen LogP) is 3.43. The first-order valence-electron chi connectivity index (χ1n) is 9.47. The summed E-state index contributed by atoms with van der Waals surface area (Å²) in [7, 11) is 0. The summed E-state index contributed by atoms with van der Waals surface area (Å²) in [6.07, 6.45) is -0.203. The van der Waals surface area contributed by atoms with Gasteiger partial charge < -0.3 is 15.4 Å². The van der Waals surface area contributed by atoms with Crippen LogP contribution >= 0.6 is 0 Å². The fraction of sp³-hybridized carbons (Fsp3) is 0.318. The fourth-order valence-corrected chi connectivity index (χ4v) is 3.12. The van der Waals surface area contributed by atoms with Crippen molar-refractivity contribution in [1.82, 2.24) is 0 Å². The predicted molar refractivity (Wildman–Crippen MR) is 112 cm³/mol. The number of amides is 2. The zero-order valence-electron chi connectivity index (χ0n) is 17.0. The zero-order valence-corrected chi connectivity index (χ0v) is 17.0. The second kappa shape index (κ2) is 7.95. The quantitative estimate of drug-likeness (QED) is 0.758. The smallest absolute Gasteiger partial charge is 0.338 e. The van der Waals surface area contributed by atoms with Gasteiger partial charge in [0.15, 0.2) is 0 Å². The van der Waals surface area contributed by atoms with E-state index in [4.69, 9.17) is 4.74 Å². The molecule has 29 heavy (non-hydrogen) atoms. The highest BCUT2D eigenvalue weighted by Crippen LogP contribution is 2.34. The van der Waals surface area contributed by atoms with Gasteiger partial charge in [0.1, 0.15) is 12.1 Å². The van der Waals surface area contributed by atoms with E-state index in [1.54, 1.807) is 58.0 Å². The number of esters is 1. The first kappa shape index (κ1) is 20.4. The maximum absolute atomic E-state index is 12.8. The van der Waals surface area contributed by atoms with E-state index in [2.05, 4.69) is 10.6 Å². The molecule has 0 bridgehead atoms. The van der Waals surface area contributed by atoms with Crippen LogP contribution in [0.1, 0.15) is 38.1 Å². The van der Waals surface area contributed by atoms with Gasteiger partial charge in [-0.3, -0.25) is 14.5 Å². The molecule has 2 aromatic rings. The van der Waals surface area contributed by atoms with Gasteiger partial charge in [-0.1, -0.05) is 12.1 Å². The molecular weight excluding hydrogens is 370 g/mol. The molecule has 2 aromatic carbocycles. The van der Waals surface area contributed by atoms with Gasteiger partial charge in [-0.05, 0) is 64.1 Å². The molecule has 2 amide bonds. The third-order valence-electron chi connectivity index (χ3n) is 4.47. The van der Waals surface area contributed by atoms with E-state index in [1.165, 1.54) is 4.90 Å². The highest BCUT2D eigenvalue weighted by atomic mass is 16.5. The summed E-state index contributed by atoms with van der Waals surface area (Å²) in [5.41, 5.74) is 1.60. The molecule has 0 aliphatic carbocycles. The molecule has 7 heteroatoms. The number of benzene rings is 2. The third kappa shape index (κ3) is 4.56. The lowest BCUT2D eigenvalue weighted by molar-refractivity contribution is -0.124. The van der Waals surface area contributed by atoms with Crippen molar-refractivity contribution in [3.63, 3.8) is 0 Å². The van der Waals surface area contributed by atoms with Crippen LogP contribution in [-0.2, 0) is 14.3 Å². The number of anilines is 3. The number of nitrogens with zero attached hydrogens (tertiary/aromatic N) is 1. The van der Waals surface area contributed by atoms with Crippen LogP contribution in [0.2, 0.25) is 0 Å². The summed E-state index contributed by atoms with van der Waals surface area (Å²) in [6.45, 7) is 7.01. The average molecular weight is 395 g/mol. The molecule has 1 aliphatic heterocycles. The number of rotatable bonds is 5. The van der Waals surface area contributed by atoms with E-state index < -0.39 is 11.5 Å². The molecule has 0 unspecified atom stereocenters. The van der Waals surface area contributed by atoms with Crippen molar-refractivity contribution in [3.8, 4) is 0 Å². The van der Waals surface area contributed by atoms with Gasteiger partial charge >= 0.3 is 5.97 Å². The van der Waals surface area contributed by atoms with Crippen LogP contribution < -0.4 is 15.5 Å². The topological polar surface area (TPSA) is 87.7 Å². The van der Waals surface area contributed by atoms with Crippen molar-refractivity contribution in [2.45, 2.75) is 39.3 Å². The van der Waals surface area contributed by atoms with Crippen molar-refractivity contribution >= 4 is 34.8 Å². The van der Waals surface area contributed by atoms with Gasteiger partial charge in [0, 0.05) is 5.69 Å². The van der Waals surface area contributed by atoms with Gasteiger partial charge in [-0.25, -0.2) is 4.79 Å². The Hall–Kier alpha value is -3.35. The van der Waals surface area contributed by atoms with Crippen molar-refractivity contribution in [2.24, 2.45) is 0 Å². The maximum Gasteiger partial charge on any atom is 0.338 e. The van der Waals surface area contributed by atoms with E-state index in [1.807, 2.05) is 18.2 Å². The molecule has 7 nitrogen and oxygen atoms in total. The van der Waals surface area contributed by atoms with Crippen LogP contribution in [0.3, 0.4) is 0 Å². The van der Waals surface area contributed by atoms with Gasteiger partial charge in [0.25, 0.3) is 5.91 Å². The molecule has 0 radical (unpaired) electrons. The summed E-state index contributed by atoms with van der Waals surface area (Å²) >= 11 is 0. The first-order valence-corrected chi connectivity index (χ1v) is 9.47. The van der Waals surface area contributed by atoms with Crippen LogP contribution in [0, 0.1) is 0 Å². The van der Waals surface area contributed by atoms with Crippen molar-refractivity contribution < 1.29 is 19.1 Å². The average Bonchev–Trinajstić information content (AvgIpc) is 2.65. The lowest BCUT2D eigenvalue weighted by Crippen LogP contribution is -2.55. The van der Waals surface area contributed by atoms with Crippen LogP contribution in [-0.4, -0.2) is 36.0 Å². The van der Waals surface area contributed by atoms with Crippen LogP contribution in [0.25, 0.3) is 0 Å². The van der Waals surface area contributed by atoms with E-state index >= 15 is 0 Å². The lowest BCUT2D eigenvalue weighted by atomic mass is 9.98. The van der Waals surface area contributed by atoms with Gasteiger partial charge in [-0.2, -0.15) is 0 Å². The molecular formula is C22H25N3O4. The van der Waals surface area contributed by atoms with Gasteiger partial charge in [-0.15, -0.1) is 0 Å². The van der Waals surface area contributed by atoms with Crippen molar-refractivity contribution in [1.29, 1.82) is 0 Å². The first-order chi connectivity index (χ1) is 13.7. The molecule has 1 aliphatic rings. The highest BCUT2D eigenvalue weighted by molar-refractivity contribution is 6.11. The maximum atomic E-state index is 12.8. The number of hydrogen-bond donors (Lipinski definition) is 2. The Labute approximate surface area is 170 Å². The second-order valence-electron chi connectivity index (χ2n) is 7.74. The second-order valence-corrected chi connectivity index (χ2v) is 7.74. The van der Waals surface area contributed by atoms with Crippen LogP contribution in [0.5, 0.6) is 0 Å². The summed E-state index contributed by atoms with van der Waals surface area (Å²) in [6, 6.07) is 13.8. The molecule has 2 N–H and O–H groups in total. The third-order valence-corrected chi connectivity index (χ3v) is 4.47.